The average molecular weight is 130 g/mol. The lowest BCUT2D eigenvalue weighted by atomic mass is 10.5. The van der Waals surface area contributed by atoms with Crippen LogP contribution in [-0.4, -0.2) is 19.0 Å². The van der Waals surface area contributed by atoms with Crippen molar-refractivity contribution in [3.8, 4) is 0 Å². The van der Waals surface area contributed by atoms with Crippen LogP contribution in [0.25, 0.3) is 0 Å². The van der Waals surface area contributed by atoms with Gasteiger partial charge in [0.1, 0.15) is 0 Å². The maximum absolute atomic E-state index is 10.1. The Morgan fingerprint density at radius 3 is 2.78 bits per heavy atom. The normalized spacial score (nSPS) is 9.00. The maximum Gasteiger partial charge on any atom is 0.299 e. The second-order valence-electron chi connectivity index (χ2n) is 1.66. The molecule has 0 aliphatic carbocycles. The second-order valence-corrected chi connectivity index (χ2v) is 1.66. The molecule has 1 N–H and O–H groups in total. The molecule has 0 unspecified atom stereocenters. The molecule has 4 heteroatoms. The largest absolute Gasteiger partial charge is 0.308 e. The van der Waals surface area contributed by atoms with E-state index in [9.17, 15) is 9.70 Å². The molecular formula is C5H10N2O2. The van der Waals surface area contributed by atoms with E-state index in [4.69, 9.17) is 0 Å². The van der Waals surface area contributed by atoms with Gasteiger partial charge in [-0.15, -0.1) is 4.91 Å². The van der Waals surface area contributed by atoms with E-state index in [1.165, 1.54) is 0 Å². The highest BCUT2D eigenvalue weighted by Gasteiger charge is 1.95. The lowest BCUT2D eigenvalue weighted by molar-refractivity contribution is -0.117. The van der Waals surface area contributed by atoms with Crippen molar-refractivity contribution < 1.29 is 4.79 Å². The summed E-state index contributed by atoms with van der Waals surface area (Å²) in [6.45, 7) is 2.80. The van der Waals surface area contributed by atoms with Crippen LogP contribution in [0.2, 0.25) is 0 Å². The monoisotopic (exact) mass is 130 g/mol. The summed E-state index contributed by atoms with van der Waals surface area (Å²) in [5.41, 5.74) is 0. The van der Waals surface area contributed by atoms with Gasteiger partial charge in [-0.2, -0.15) is 0 Å². The smallest absolute Gasteiger partial charge is 0.299 e. The molecule has 0 heterocycles. The Bertz CT molecular complexity index is 103. The maximum atomic E-state index is 10.1. The van der Waals surface area contributed by atoms with Crippen LogP contribution < -0.4 is 5.32 Å². The highest BCUT2D eigenvalue weighted by Crippen LogP contribution is 1.72. The zero-order chi connectivity index (χ0) is 7.11. The molecular weight excluding hydrogens is 120 g/mol. The molecule has 0 aromatic rings. The van der Waals surface area contributed by atoms with E-state index in [2.05, 4.69) is 10.5 Å². The number of hydrogen-bond acceptors (Lipinski definition) is 3. The van der Waals surface area contributed by atoms with Crippen LogP contribution in [0.4, 0.5) is 0 Å². The fraction of sp³-hybridized carbons (Fsp3) is 0.800. The zero-order valence-corrected chi connectivity index (χ0v) is 5.39. The minimum absolute atomic E-state index is 0.0668. The summed E-state index contributed by atoms with van der Waals surface area (Å²) in [4.78, 5) is 19.6. The van der Waals surface area contributed by atoms with E-state index < -0.39 is 5.91 Å². The van der Waals surface area contributed by atoms with Gasteiger partial charge in [0.15, 0.2) is 0 Å². The van der Waals surface area contributed by atoms with Gasteiger partial charge in [0.05, 0.1) is 6.54 Å². The summed E-state index contributed by atoms with van der Waals surface area (Å²) >= 11 is 0. The van der Waals surface area contributed by atoms with Crippen LogP contribution in [0.15, 0.2) is 5.18 Å². The van der Waals surface area contributed by atoms with Gasteiger partial charge in [-0.25, -0.2) is 0 Å². The third kappa shape index (κ3) is 5.10. The van der Waals surface area contributed by atoms with Crippen LogP contribution in [0.5, 0.6) is 0 Å². The SMILES string of the molecule is CCCNCC(=O)N=O. The minimum Gasteiger partial charge on any atom is -0.308 e. The third-order valence-corrected chi connectivity index (χ3v) is 0.805. The van der Waals surface area contributed by atoms with Gasteiger partial charge >= 0.3 is 0 Å². The Morgan fingerprint density at radius 1 is 1.67 bits per heavy atom. The van der Waals surface area contributed by atoms with Crippen LogP contribution >= 0.6 is 0 Å². The first-order valence-corrected chi connectivity index (χ1v) is 2.88. The minimum atomic E-state index is -0.636. The molecule has 0 aliphatic heterocycles. The van der Waals surface area contributed by atoms with E-state index in [0.717, 1.165) is 13.0 Å². The lowest BCUT2D eigenvalue weighted by Gasteiger charge is -1.93. The molecule has 4 nitrogen and oxygen atoms in total. The molecule has 0 rings (SSSR count). The van der Waals surface area contributed by atoms with Crippen molar-refractivity contribution >= 4 is 5.91 Å². The quantitative estimate of drug-likeness (QED) is 0.439. The highest BCUT2D eigenvalue weighted by molar-refractivity contribution is 5.78. The molecule has 0 radical (unpaired) electrons. The highest BCUT2D eigenvalue weighted by atomic mass is 16.3. The van der Waals surface area contributed by atoms with Crippen LogP contribution in [0, 0.1) is 4.91 Å². The standard InChI is InChI=1S/C5H10N2O2/c1-2-3-6-4-5(8)7-9/h6H,2-4H2,1H3. The molecule has 0 aromatic carbocycles. The van der Waals surface area contributed by atoms with Crippen molar-refractivity contribution in [2.45, 2.75) is 13.3 Å². The lowest BCUT2D eigenvalue weighted by Crippen LogP contribution is -2.21. The van der Waals surface area contributed by atoms with Crippen molar-refractivity contribution in [1.29, 1.82) is 0 Å². The van der Waals surface area contributed by atoms with Gasteiger partial charge in [-0.05, 0) is 13.0 Å². The van der Waals surface area contributed by atoms with Crippen molar-refractivity contribution in [3.05, 3.63) is 4.91 Å². The third-order valence-electron chi connectivity index (χ3n) is 0.805. The van der Waals surface area contributed by atoms with Gasteiger partial charge in [0.2, 0.25) is 0 Å². The Morgan fingerprint density at radius 2 is 2.33 bits per heavy atom. The summed E-state index contributed by atoms with van der Waals surface area (Å²) in [6.07, 6.45) is 0.951. The fourth-order valence-electron chi connectivity index (χ4n) is 0.404. The van der Waals surface area contributed by atoms with E-state index in [1.807, 2.05) is 6.92 Å². The van der Waals surface area contributed by atoms with Crippen molar-refractivity contribution in [1.82, 2.24) is 5.32 Å². The first kappa shape index (κ1) is 8.23. The predicted molar refractivity (Wildman–Crippen MR) is 34.0 cm³/mol. The molecule has 1 amide bonds. The molecule has 0 spiro atoms. The number of amides is 1. The molecule has 0 bridgehead atoms. The zero-order valence-electron chi connectivity index (χ0n) is 5.39. The number of carbonyl (C=O) groups is 1. The Labute approximate surface area is 53.6 Å². The van der Waals surface area contributed by atoms with E-state index in [-0.39, 0.29) is 6.54 Å². The molecule has 52 valence electrons. The number of nitroso groups, excluding NO2 is 1. The summed E-state index contributed by atoms with van der Waals surface area (Å²) < 4.78 is 0. The number of carbonyl (C=O) groups excluding carboxylic acids is 1. The fourth-order valence-corrected chi connectivity index (χ4v) is 0.404. The molecule has 0 aliphatic rings. The predicted octanol–water partition coefficient (Wildman–Crippen LogP) is 0.279. The number of rotatable bonds is 4. The van der Waals surface area contributed by atoms with Crippen LogP contribution in [0.1, 0.15) is 13.3 Å². The number of hydrogen-bond donors (Lipinski definition) is 1. The Balaban J connectivity index is 3.07. The number of nitrogens with one attached hydrogen (secondary N) is 1. The van der Waals surface area contributed by atoms with Gasteiger partial charge in [-0.1, -0.05) is 6.92 Å². The first-order chi connectivity index (χ1) is 4.31. The summed E-state index contributed by atoms with van der Waals surface area (Å²) in [7, 11) is 0. The molecule has 0 saturated carbocycles. The molecule has 0 saturated heterocycles. The van der Waals surface area contributed by atoms with Crippen molar-refractivity contribution in [2.75, 3.05) is 13.1 Å². The van der Waals surface area contributed by atoms with Gasteiger partial charge < -0.3 is 5.32 Å². The Hall–Kier alpha value is -0.770. The van der Waals surface area contributed by atoms with Gasteiger partial charge in [0.25, 0.3) is 5.91 Å². The van der Waals surface area contributed by atoms with E-state index >= 15 is 0 Å². The Kier molecular flexibility index (Phi) is 4.91. The van der Waals surface area contributed by atoms with Crippen molar-refractivity contribution in [2.24, 2.45) is 5.18 Å². The molecule has 0 atom stereocenters. The van der Waals surface area contributed by atoms with E-state index in [0.29, 0.717) is 0 Å². The topological polar surface area (TPSA) is 58.5 Å². The van der Waals surface area contributed by atoms with Gasteiger partial charge in [-0.3, -0.25) is 4.79 Å². The van der Waals surface area contributed by atoms with Gasteiger partial charge in [0, 0.05) is 5.18 Å². The molecule has 0 aromatic heterocycles. The first-order valence-electron chi connectivity index (χ1n) is 2.88. The van der Waals surface area contributed by atoms with Crippen molar-refractivity contribution in [3.63, 3.8) is 0 Å². The van der Waals surface area contributed by atoms with Crippen LogP contribution in [-0.2, 0) is 4.79 Å². The van der Waals surface area contributed by atoms with Crippen LogP contribution in [0.3, 0.4) is 0 Å². The molecule has 0 fully saturated rings. The summed E-state index contributed by atoms with van der Waals surface area (Å²) in [5, 5.41) is 4.95. The molecule has 9 heavy (non-hydrogen) atoms. The van der Waals surface area contributed by atoms with E-state index in [1.54, 1.807) is 0 Å². The second kappa shape index (κ2) is 5.37. The number of nitrogens with zero attached hydrogens (tertiary/aromatic N) is 1. The summed E-state index contributed by atoms with van der Waals surface area (Å²) in [6, 6.07) is 0. The summed E-state index contributed by atoms with van der Waals surface area (Å²) in [5.74, 6) is -0.636. The average Bonchev–Trinajstić information content (AvgIpc) is 1.89.